The Balaban J connectivity index is 1.55. The predicted molar refractivity (Wildman–Crippen MR) is 107 cm³/mol. The minimum Gasteiger partial charge on any atom is -0.338 e. The maximum atomic E-state index is 12.5. The van der Waals surface area contributed by atoms with Crippen LogP contribution in [0.4, 0.5) is 11.4 Å². The molecule has 0 spiro atoms. The average molecular weight is 372 g/mol. The number of hydrogen-bond donors (Lipinski definition) is 2. The Labute approximate surface area is 160 Å². The summed E-state index contributed by atoms with van der Waals surface area (Å²) >= 11 is 0. The number of amides is 1. The molecular weight excluding hydrogens is 356 g/mol. The van der Waals surface area contributed by atoms with Gasteiger partial charge in [-0.15, -0.1) is 0 Å². The Bertz CT molecular complexity index is 1160. The topological polar surface area (TPSA) is 101 Å². The van der Waals surface area contributed by atoms with Crippen LogP contribution in [0.15, 0.2) is 66.7 Å². The van der Waals surface area contributed by atoms with E-state index in [4.69, 9.17) is 0 Å². The molecule has 7 heteroatoms. The fraction of sp³-hybridized carbons (Fsp3) is 0.0476. The SMILES string of the molecule is Cc1ccc([N+](=O)[O-])cc1C(=O)Nc1ccc(-c2nc3ccccc3[nH]2)cc1. The highest BCUT2D eigenvalue weighted by Crippen LogP contribution is 2.23. The first-order valence-electron chi connectivity index (χ1n) is 8.63. The molecule has 28 heavy (non-hydrogen) atoms. The summed E-state index contributed by atoms with van der Waals surface area (Å²) in [6, 6.07) is 19.3. The predicted octanol–water partition coefficient (Wildman–Crippen LogP) is 4.70. The number of non-ortho nitro benzene ring substituents is 1. The first-order valence-corrected chi connectivity index (χ1v) is 8.63. The quantitative estimate of drug-likeness (QED) is 0.400. The van der Waals surface area contributed by atoms with Crippen molar-refractivity contribution < 1.29 is 9.72 Å². The van der Waals surface area contributed by atoms with Gasteiger partial charge in [-0.2, -0.15) is 0 Å². The lowest BCUT2D eigenvalue weighted by atomic mass is 10.1. The molecule has 0 saturated carbocycles. The molecule has 1 heterocycles. The van der Waals surface area contributed by atoms with Crippen molar-refractivity contribution >= 4 is 28.3 Å². The molecule has 0 radical (unpaired) electrons. The summed E-state index contributed by atoms with van der Waals surface area (Å²) in [7, 11) is 0. The smallest absolute Gasteiger partial charge is 0.270 e. The van der Waals surface area contributed by atoms with Crippen LogP contribution in [-0.4, -0.2) is 20.8 Å². The van der Waals surface area contributed by atoms with Crippen LogP contribution in [0, 0.1) is 17.0 Å². The van der Waals surface area contributed by atoms with E-state index in [2.05, 4.69) is 15.3 Å². The number of carbonyl (C=O) groups excluding carboxylic acids is 1. The van der Waals surface area contributed by atoms with Gasteiger partial charge in [-0.25, -0.2) is 4.98 Å². The zero-order valence-corrected chi connectivity index (χ0v) is 15.0. The molecule has 0 atom stereocenters. The van der Waals surface area contributed by atoms with Crippen LogP contribution >= 0.6 is 0 Å². The van der Waals surface area contributed by atoms with E-state index in [1.807, 2.05) is 36.4 Å². The molecule has 138 valence electrons. The summed E-state index contributed by atoms with van der Waals surface area (Å²) in [6.45, 7) is 1.74. The van der Waals surface area contributed by atoms with Gasteiger partial charge in [-0.3, -0.25) is 14.9 Å². The first kappa shape index (κ1) is 17.4. The zero-order chi connectivity index (χ0) is 19.7. The van der Waals surface area contributed by atoms with Crippen molar-refractivity contribution in [1.82, 2.24) is 9.97 Å². The van der Waals surface area contributed by atoms with Gasteiger partial charge in [-0.05, 0) is 48.9 Å². The number of nitrogens with zero attached hydrogens (tertiary/aromatic N) is 2. The number of anilines is 1. The summed E-state index contributed by atoms with van der Waals surface area (Å²) in [5.74, 6) is 0.353. The highest BCUT2D eigenvalue weighted by atomic mass is 16.6. The fourth-order valence-electron chi connectivity index (χ4n) is 2.97. The minimum absolute atomic E-state index is 0.115. The molecule has 0 bridgehead atoms. The molecule has 7 nitrogen and oxygen atoms in total. The number of H-pyrrole nitrogens is 1. The van der Waals surface area contributed by atoms with Gasteiger partial charge in [0.05, 0.1) is 16.0 Å². The number of aryl methyl sites for hydroxylation is 1. The van der Waals surface area contributed by atoms with Crippen LogP contribution in [0.5, 0.6) is 0 Å². The second-order valence-corrected chi connectivity index (χ2v) is 6.39. The summed E-state index contributed by atoms with van der Waals surface area (Å²) in [6.07, 6.45) is 0. The Morgan fingerprint density at radius 3 is 2.54 bits per heavy atom. The number of aromatic nitrogens is 2. The minimum atomic E-state index is -0.516. The molecule has 4 rings (SSSR count). The summed E-state index contributed by atoms with van der Waals surface area (Å²) in [4.78, 5) is 30.8. The van der Waals surface area contributed by atoms with Crippen molar-refractivity contribution in [1.29, 1.82) is 0 Å². The summed E-state index contributed by atoms with van der Waals surface area (Å²) in [5, 5.41) is 13.7. The Kier molecular flexibility index (Phi) is 4.33. The van der Waals surface area contributed by atoms with Gasteiger partial charge in [0.2, 0.25) is 0 Å². The van der Waals surface area contributed by atoms with Gasteiger partial charge in [0.1, 0.15) is 5.82 Å². The van der Waals surface area contributed by atoms with Crippen LogP contribution in [0.25, 0.3) is 22.4 Å². The van der Waals surface area contributed by atoms with E-state index >= 15 is 0 Å². The normalized spacial score (nSPS) is 10.8. The van der Waals surface area contributed by atoms with Crippen molar-refractivity contribution in [3.05, 3.63) is 88.0 Å². The van der Waals surface area contributed by atoms with E-state index in [0.717, 1.165) is 22.4 Å². The van der Waals surface area contributed by atoms with E-state index < -0.39 is 10.8 Å². The van der Waals surface area contributed by atoms with Gasteiger partial charge in [0.25, 0.3) is 11.6 Å². The number of benzene rings is 3. The maximum Gasteiger partial charge on any atom is 0.270 e. The number of imidazole rings is 1. The number of hydrogen-bond acceptors (Lipinski definition) is 4. The molecule has 1 amide bonds. The van der Waals surface area contributed by atoms with Crippen LogP contribution < -0.4 is 5.32 Å². The second kappa shape index (κ2) is 6.96. The number of fused-ring (bicyclic) bond motifs is 1. The number of para-hydroxylation sites is 2. The fourth-order valence-corrected chi connectivity index (χ4v) is 2.97. The van der Waals surface area contributed by atoms with E-state index in [9.17, 15) is 14.9 Å². The molecule has 0 aliphatic heterocycles. The monoisotopic (exact) mass is 372 g/mol. The molecule has 0 aliphatic carbocycles. The Morgan fingerprint density at radius 2 is 1.82 bits per heavy atom. The Hall–Kier alpha value is -4.00. The molecule has 0 saturated heterocycles. The van der Waals surface area contributed by atoms with Crippen LogP contribution in [0.1, 0.15) is 15.9 Å². The standard InChI is InChI=1S/C21H16N4O3/c1-13-6-11-16(25(27)28)12-17(13)21(26)22-15-9-7-14(8-10-15)20-23-18-4-2-3-5-19(18)24-20/h2-12H,1H3,(H,22,26)(H,23,24). The first-order chi connectivity index (χ1) is 13.5. The van der Waals surface area contributed by atoms with E-state index in [-0.39, 0.29) is 11.3 Å². The lowest BCUT2D eigenvalue weighted by Crippen LogP contribution is -2.13. The molecule has 3 aromatic carbocycles. The maximum absolute atomic E-state index is 12.5. The van der Waals surface area contributed by atoms with Crippen LogP contribution in [0.2, 0.25) is 0 Å². The Morgan fingerprint density at radius 1 is 1.07 bits per heavy atom. The highest BCUT2D eigenvalue weighted by Gasteiger charge is 2.15. The van der Waals surface area contributed by atoms with Gasteiger partial charge in [0, 0.05) is 28.9 Å². The molecule has 0 unspecified atom stereocenters. The van der Waals surface area contributed by atoms with Gasteiger partial charge in [-0.1, -0.05) is 18.2 Å². The average Bonchev–Trinajstić information content (AvgIpc) is 3.13. The number of rotatable bonds is 4. The second-order valence-electron chi connectivity index (χ2n) is 6.39. The van der Waals surface area contributed by atoms with E-state index in [1.165, 1.54) is 12.1 Å². The van der Waals surface area contributed by atoms with Crippen molar-refractivity contribution in [2.75, 3.05) is 5.32 Å². The molecular formula is C21H16N4O3. The number of nitro benzene ring substituents is 1. The molecule has 0 fully saturated rings. The largest absolute Gasteiger partial charge is 0.338 e. The van der Waals surface area contributed by atoms with E-state index in [0.29, 0.717) is 11.3 Å². The molecule has 1 aromatic heterocycles. The van der Waals surface area contributed by atoms with Gasteiger partial charge >= 0.3 is 0 Å². The number of nitro groups is 1. The summed E-state index contributed by atoms with van der Waals surface area (Å²) < 4.78 is 0. The van der Waals surface area contributed by atoms with Crippen LogP contribution in [0.3, 0.4) is 0 Å². The van der Waals surface area contributed by atoms with Crippen molar-refractivity contribution in [3.63, 3.8) is 0 Å². The molecule has 2 N–H and O–H groups in total. The van der Waals surface area contributed by atoms with Crippen molar-refractivity contribution in [2.24, 2.45) is 0 Å². The molecule has 4 aromatic rings. The number of carbonyl (C=O) groups is 1. The van der Waals surface area contributed by atoms with E-state index in [1.54, 1.807) is 25.1 Å². The highest BCUT2D eigenvalue weighted by molar-refractivity contribution is 6.05. The van der Waals surface area contributed by atoms with Crippen molar-refractivity contribution in [3.8, 4) is 11.4 Å². The third-order valence-corrected chi connectivity index (χ3v) is 4.48. The number of nitrogens with one attached hydrogen (secondary N) is 2. The summed E-state index contributed by atoms with van der Waals surface area (Å²) in [5.41, 5.74) is 4.15. The third-order valence-electron chi connectivity index (χ3n) is 4.48. The van der Waals surface area contributed by atoms with Crippen LogP contribution in [-0.2, 0) is 0 Å². The van der Waals surface area contributed by atoms with Crippen molar-refractivity contribution in [2.45, 2.75) is 6.92 Å². The zero-order valence-electron chi connectivity index (χ0n) is 15.0. The third kappa shape index (κ3) is 3.33. The number of aromatic amines is 1. The van der Waals surface area contributed by atoms with Gasteiger partial charge < -0.3 is 10.3 Å². The van der Waals surface area contributed by atoms with Gasteiger partial charge in [0.15, 0.2) is 0 Å². The molecule has 0 aliphatic rings. The lowest BCUT2D eigenvalue weighted by molar-refractivity contribution is -0.384. The lowest BCUT2D eigenvalue weighted by Gasteiger charge is -2.08.